The van der Waals surface area contributed by atoms with Gasteiger partial charge in [-0.3, -0.25) is 0 Å². The Balaban J connectivity index is 1.84. The molecule has 19 heavy (non-hydrogen) atoms. The van der Waals surface area contributed by atoms with Crippen LogP contribution in [0.4, 0.5) is 11.4 Å². The minimum atomic E-state index is 0.433. The Morgan fingerprint density at radius 2 is 1.37 bits per heavy atom. The summed E-state index contributed by atoms with van der Waals surface area (Å²) < 4.78 is 11.2. The first-order chi connectivity index (χ1) is 9.18. The van der Waals surface area contributed by atoms with E-state index in [0.717, 1.165) is 17.0 Å². The Labute approximate surface area is 112 Å². The van der Waals surface area contributed by atoms with E-state index < -0.39 is 0 Å². The number of anilines is 2. The highest BCUT2D eigenvalue weighted by atomic mass is 16.5. The smallest absolute Gasteiger partial charge is 0.142 e. The SMILES string of the molecule is Cc1c(N)cccc1OCCOc1ccccc1N. The lowest BCUT2D eigenvalue weighted by Crippen LogP contribution is -2.10. The number of hydrogen-bond donors (Lipinski definition) is 2. The van der Waals surface area contributed by atoms with Crippen molar-refractivity contribution < 1.29 is 9.47 Å². The molecule has 0 amide bonds. The summed E-state index contributed by atoms with van der Waals surface area (Å²) in [4.78, 5) is 0. The van der Waals surface area contributed by atoms with E-state index in [0.29, 0.717) is 24.7 Å². The molecule has 0 spiro atoms. The van der Waals surface area contributed by atoms with Crippen molar-refractivity contribution in [3.63, 3.8) is 0 Å². The van der Waals surface area contributed by atoms with Crippen LogP contribution in [0.3, 0.4) is 0 Å². The minimum Gasteiger partial charge on any atom is -0.490 e. The topological polar surface area (TPSA) is 70.5 Å². The van der Waals surface area contributed by atoms with Gasteiger partial charge in [0.05, 0.1) is 5.69 Å². The van der Waals surface area contributed by atoms with Gasteiger partial charge in [0, 0.05) is 11.3 Å². The predicted octanol–water partition coefficient (Wildman–Crippen LogP) is 2.62. The molecule has 2 rings (SSSR count). The molecular weight excluding hydrogens is 240 g/mol. The number of nitrogens with two attached hydrogens (primary N) is 2. The van der Waals surface area contributed by atoms with Crippen LogP contribution in [0.25, 0.3) is 0 Å². The molecule has 0 radical (unpaired) electrons. The maximum Gasteiger partial charge on any atom is 0.142 e. The van der Waals surface area contributed by atoms with Crippen LogP contribution in [0, 0.1) is 6.92 Å². The van der Waals surface area contributed by atoms with E-state index >= 15 is 0 Å². The third kappa shape index (κ3) is 3.31. The monoisotopic (exact) mass is 258 g/mol. The van der Waals surface area contributed by atoms with Crippen LogP contribution < -0.4 is 20.9 Å². The second-order valence-corrected chi connectivity index (χ2v) is 4.21. The molecule has 2 aromatic carbocycles. The maximum atomic E-state index is 5.81. The van der Waals surface area contributed by atoms with Gasteiger partial charge >= 0.3 is 0 Å². The van der Waals surface area contributed by atoms with Gasteiger partial charge in [0.15, 0.2) is 0 Å². The van der Waals surface area contributed by atoms with E-state index in [1.807, 2.05) is 43.3 Å². The van der Waals surface area contributed by atoms with Gasteiger partial charge in [-0.15, -0.1) is 0 Å². The minimum absolute atomic E-state index is 0.433. The molecule has 4 nitrogen and oxygen atoms in total. The maximum absolute atomic E-state index is 5.81. The van der Waals surface area contributed by atoms with E-state index in [4.69, 9.17) is 20.9 Å². The van der Waals surface area contributed by atoms with Gasteiger partial charge in [0.25, 0.3) is 0 Å². The molecule has 4 N–H and O–H groups in total. The summed E-state index contributed by atoms with van der Waals surface area (Å²) in [5.41, 5.74) is 13.9. The van der Waals surface area contributed by atoms with Crippen molar-refractivity contribution in [2.24, 2.45) is 0 Å². The fourth-order valence-corrected chi connectivity index (χ4v) is 1.70. The van der Waals surface area contributed by atoms with Gasteiger partial charge in [-0.05, 0) is 31.2 Å². The molecule has 0 saturated heterocycles. The zero-order valence-electron chi connectivity index (χ0n) is 10.9. The second-order valence-electron chi connectivity index (χ2n) is 4.21. The van der Waals surface area contributed by atoms with Crippen molar-refractivity contribution in [1.29, 1.82) is 0 Å². The fourth-order valence-electron chi connectivity index (χ4n) is 1.70. The highest BCUT2D eigenvalue weighted by Gasteiger charge is 2.03. The van der Waals surface area contributed by atoms with Gasteiger partial charge in [-0.25, -0.2) is 0 Å². The summed E-state index contributed by atoms with van der Waals surface area (Å²) in [7, 11) is 0. The first kappa shape index (κ1) is 13.1. The predicted molar refractivity (Wildman–Crippen MR) is 77.4 cm³/mol. The molecule has 4 heteroatoms. The molecule has 0 aliphatic heterocycles. The Morgan fingerprint density at radius 3 is 2.11 bits per heavy atom. The summed E-state index contributed by atoms with van der Waals surface area (Å²) in [6.45, 7) is 2.81. The number of para-hydroxylation sites is 2. The number of ether oxygens (including phenoxy) is 2. The van der Waals surface area contributed by atoms with Crippen LogP contribution in [-0.2, 0) is 0 Å². The lowest BCUT2D eigenvalue weighted by atomic mass is 10.2. The second kappa shape index (κ2) is 6.00. The summed E-state index contributed by atoms with van der Waals surface area (Å²) >= 11 is 0. The van der Waals surface area contributed by atoms with Crippen LogP contribution in [0.2, 0.25) is 0 Å². The van der Waals surface area contributed by atoms with Crippen molar-refractivity contribution in [1.82, 2.24) is 0 Å². The summed E-state index contributed by atoms with van der Waals surface area (Å²) in [6.07, 6.45) is 0. The average molecular weight is 258 g/mol. The van der Waals surface area contributed by atoms with Crippen molar-refractivity contribution in [3.8, 4) is 11.5 Å². The van der Waals surface area contributed by atoms with E-state index in [-0.39, 0.29) is 0 Å². The highest BCUT2D eigenvalue weighted by Crippen LogP contribution is 2.23. The first-order valence-corrected chi connectivity index (χ1v) is 6.13. The summed E-state index contributed by atoms with van der Waals surface area (Å²) in [5.74, 6) is 1.46. The largest absolute Gasteiger partial charge is 0.490 e. The molecule has 0 aliphatic carbocycles. The van der Waals surface area contributed by atoms with Crippen molar-refractivity contribution in [2.75, 3.05) is 24.7 Å². The number of nitrogen functional groups attached to an aromatic ring is 2. The molecule has 100 valence electrons. The van der Waals surface area contributed by atoms with Crippen LogP contribution >= 0.6 is 0 Å². The van der Waals surface area contributed by atoms with Gasteiger partial charge in [-0.2, -0.15) is 0 Å². The normalized spacial score (nSPS) is 10.2. The summed E-state index contributed by atoms with van der Waals surface area (Å²) in [6, 6.07) is 13.0. The lowest BCUT2D eigenvalue weighted by molar-refractivity contribution is 0.217. The zero-order chi connectivity index (χ0) is 13.7. The van der Waals surface area contributed by atoms with E-state index in [9.17, 15) is 0 Å². The molecule has 0 aliphatic rings. The standard InChI is InChI=1S/C15H18N2O2/c1-11-12(16)6-4-8-14(11)18-9-10-19-15-7-3-2-5-13(15)17/h2-8H,9-10,16-17H2,1H3. The van der Waals surface area contributed by atoms with Crippen LogP contribution in [0.15, 0.2) is 42.5 Å². The molecule has 2 aromatic rings. The van der Waals surface area contributed by atoms with Crippen LogP contribution in [0.5, 0.6) is 11.5 Å². The molecule has 0 aromatic heterocycles. The van der Waals surface area contributed by atoms with E-state index in [1.54, 1.807) is 6.07 Å². The van der Waals surface area contributed by atoms with Crippen LogP contribution in [-0.4, -0.2) is 13.2 Å². The van der Waals surface area contributed by atoms with E-state index in [2.05, 4.69) is 0 Å². The molecule has 0 fully saturated rings. The van der Waals surface area contributed by atoms with Crippen molar-refractivity contribution in [2.45, 2.75) is 6.92 Å². The Bertz CT molecular complexity index is 556. The summed E-state index contributed by atoms with van der Waals surface area (Å²) in [5, 5.41) is 0. The molecule has 0 atom stereocenters. The Kier molecular flexibility index (Phi) is 4.13. The van der Waals surface area contributed by atoms with Crippen molar-refractivity contribution >= 4 is 11.4 Å². The fraction of sp³-hybridized carbons (Fsp3) is 0.200. The third-order valence-corrected chi connectivity index (χ3v) is 2.84. The molecular formula is C15H18N2O2. The molecule has 0 bridgehead atoms. The first-order valence-electron chi connectivity index (χ1n) is 6.13. The van der Waals surface area contributed by atoms with Gasteiger partial charge in [0.2, 0.25) is 0 Å². The van der Waals surface area contributed by atoms with Gasteiger partial charge in [0.1, 0.15) is 24.7 Å². The van der Waals surface area contributed by atoms with Crippen molar-refractivity contribution in [3.05, 3.63) is 48.0 Å². The number of rotatable bonds is 5. The van der Waals surface area contributed by atoms with Gasteiger partial charge in [-0.1, -0.05) is 18.2 Å². The number of hydrogen-bond acceptors (Lipinski definition) is 4. The number of benzene rings is 2. The highest BCUT2D eigenvalue weighted by molar-refractivity contribution is 5.53. The Morgan fingerprint density at radius 1 is 0.789 bits per heavy atom. The van der Waals surface area contributed by atoms with Crippen LogP contribution in [0.1, 0.15) is 5.56 Å². The average Bonchev–Trinajstić information content (AvgIpc) is 2.41. The van der Waals surface area contributed by atoms with Gasteiger partial charge < -0.3 is 20.9 Å². The third-order valence-electron chi connectivity index (χ3n) is 2.84. The van der Waals surface area contributed by atoms with E-state index in [1.165, 1.54) is 0 Å². The lowest BCUT2D eigenvalue weighted by Gasteiger charge is -2.12. The Hall–Kier alpha value is -2.36. The zero-order valence-corrected chi connectivity index (χ0v) is 10.9. The molecule has 0 unspecified atom stereocenters. The molecule has 0 saturated carbocycles. The molecule has 0 heterocycles. The quantitative estimate of drug-likeness (QED) is 0.639.